The fourth-order valence-electron chi connectivity index (χ4n) is 2.28. The van der Waals surface area contributed by atoms with E-state index in [-0.39, 0.29) is 33.0 Å². The first-order chi connectivity index (χ1) is 12.1. The molecule has 134 valence electrons. The zero-order valence-corrected chi connectivity index (χ0v) is 16.9. The zero-order chi connectivity index (χ0) is 18.2. The van der Waals surface area contributed by atoms with Gasteiger partial charge in [-0.25, -0.2) is 0 Å². The van der Waals surface area contributed by atoms with Crippen LogP contribution in [0.15, 0.2) is 36.4 Å². The largest absolute Gasteiger partial charge is 1.00 e. The van der Waals surface area contributed by atoms with Crippen molar-refractivity contribution in [2.24, 2.45) is 0 Å². The van der Waals surface area contributed by atoms with Gasteiger partial charge in [0.15, 0.2) is 5.52 Å². The average Bonchev–Trinajstić information content (AvgIpc) is 2.66. The van der Waals surface area contributed by atoms with E-state index in [1.807, 2.05) is 24.3 Å². The summed E-state index contributed by atoms with van der Waals surface area (Å²) in [6, 6.07) is 10.9. The number of hydrogen-bond acceptors (Lipinski definition) is 5. The predicted molar refractivity (Wildman–Crippen MR) is 101 cm³/mol. The molecule has 0 aliphatic carbocycles. The third-order valence-electron chi connectivity index (χ3n) is 3.53. The first kappa shape index (κ1) is 22.4. The Kier molecular flexibility index (Phi) is 9.58. The number of benzene rings is 2. The molecule has 5 nitrogen and oxygen atoms in total. The van der Waals surface area contributed by atoms with Gasteiger partial charge in [-0.3, -0.25) is 4.79 Å². The molecule has 0 saturated carbocycles. The van der Waals surface area contributed by atoms with Gasteiger partial charge in [0.05, 0.1) is 27.9 Å². The number of hydrogen-bond donors (Lipinski definition) is 0. The van der Waals surface area contributed by atoms with Crippen molar-refractivity contribution in [2.45, 2.75) is 13.3 Å². The number of rotatable bonds is 9. The van der Waals surface area contributed by atoms with E-state index in [1.165, 1.54) is 14.2 Å². The molecule has 1 unspecified atom stereocenters. The normalized spacial score (nSPS) is 10.3. The predicted octanol–water partition coefficient (Wildman–Crippen LogP) is 0.649. The number of methoxy groups -OCH3 is 3. The maximum absolute atomic E-state index is 12.8. The van der Waals surface area contributed by atoms with Gasteiger partial charge >= 0.3 is 18.9 Å². The maximum Gasteiger partial charge on any atom is 1.00 e. The van der Waals surface area contributed by atoms with E-state index in [1.54, 1.807) is 19.2 Å². The summed E-state index contributed by atoms with van der Waals surface area (Å²) in [7, 11) is 4.55. The minimum absolute atomic E-state index is 0. The Morgan fingerprint density at radius 3 is 1.96 bits per heavy atom. The molecule has 0 bridgehead atoms. The van der Waals surface area contributed by atoms with Crippen LogP contribution in [0.3, 0.4) is 0 Å². The van der Waals surface area contributed by atoms with Crippen molar-refractivity contribution >= 4 is 19.4 Å². The molecule has 0 aliphatic heterocycles. The zero-order valence-electron chi connectivity index (χ0n) is 15.9. The summed E-state index contributed by atoms with van der Waals surface area (Å²) in [4.78, 5) is 12.8. The smallest absolute Gasteiger partial charge is 0.496 e. The van der Waals surface area contributed by atoms with Gasteiger partial charge in [-0.2, -0.15) is 0 Å². The van der Waals surface area contributed by atoms with Crippen molar-refractivity contribution in [3.8, 4) is 23.0 Å². The number of ether oxygens (including phenoxy) is 4. The molecule has 7 heteroatoms. The molecule has 2 rings (SSSR count). The van der Waals surface area contributed by atoms with Crippen LogP contribution in [-0.2, 0) is 0 Å². The van der Waals surface area contributed by atoms with Gasteiger partial charge in [-0.05, 0) is 32.4 Å². The van der Waals surface area contributed by atoms with Crippen LogP contribution in [0.5, 0.6) is 23.0 Å². The molecule has 0 N–H and O–H groups in total. The second-order valence-corrected chi connectivity index (χ2v) is 6.52. The van der Waals surface area contributed by atoms with Gasteiger partial charge < -0.3 is 18.9 Å². The van der Waals surface area contributed by atoms with Gasteiger partial charge in [0.25, 0.3) is 0 Å². The molecule has 0 aromatic heterocycles. The van der Waals surface area contributed by atoms with Gasteiger partial charge in [0, 0.05) is 12.1 Å². The second-order valence-electron chi connectivity index (χ2n) is 5.23. The van der Waals surface area contributed by atoms with Crippen LogP contribution >= 0.6 is 8.58 Å². The van der Waals surface area contributed by atoms with Gasteiger partial charge in [-0.15, -0.1) is 0 Å². The topological polar surface area (TPSA) is 54.0 Å². The molecule has 0 fully saturated rings. The Bertz CT molecular complexity index is 693. The van der Waals surface area contributed by atoms with E-state index in [0.717, 1.165) is 17.5 Å². The SMILES string of the molecule is CCCOc1ccc(PC(=O)c2c(OC)cc(OC)cc2OC)cc1.[Li+]. The summed E-state index contributed by atoms with van der Waals surface area (Å²) < 4.78 is 21.5. The van der Waals surface area contributed by atoms with Crippen LogP contribution in [0.2, 0.25) is 0 Å². The minimum atomic E-state index is -0.0569. The Balaban J connectivity index is 0.00000338. The van der Waals surface area contributed by atoms with E-state index in [9.17, 15) is 4.79 Å². The summed E-state index contributed by atoms with van der Waals surface area (Å²) in [6.45, 7) is 2.74. The number of carbonyl (C=O) groups excluding carboxylic acids is 1. The quantitative estimate of drug-likeness (QED) is 0.480. The molecular formula is C19H23LiO5P+. The molecule has 2 aromatic rings. The fraction of sp³-hybridized carbons (Fsp3) is 0.316. The Morgan fingerprint density at radius 2 is 1.50 bits per heavy atom. The molecule has 0 amide bonds. The molecule has 26 heavy (non-hydrogen) atoms. The minimum Gasteiger partial charge on any atom is -0.496 e. The van der Waals surface area contributed by atoms with Gasteiger partial charge in [0.1, 0.15) is 28.6 Å². The van der Waals surface area contributed by atoms with Crippen molar-refractivity contribution in [3.05, 3.63) is 42.0 Å². The molecule has 0 saturated heterocycles. The first-order valence-electron chi connectivity index (χ1n) is 7.97. The van der Waals surface area contributed by atoms with Gasteiger partial charge in [-0.1, -0.05) is 19.1 Å². The molecular weight excluding hydrogens is 346 g/mol. The van der Waals surface area contributed by atoms with Crippen molar-refractivity contribution in [1.29, 1.82) is 0 Å². The van der Waals surface area contributed by atoms with Crippen LogP contribution in [0.4, 0.5) is 0 Å². The van der Waals surface area contributed by atoms with E-state index in [0.29, 0.717) is 29.4 Å². The van der Waals surface area contributed by atoms with Crippen molar-refractivity contribution in [3.63, 3.8) is 0 Å². The summed E-state index contributed by atoms with van der Waals surface area (Å²) in [5.41, 5.74) is 0.369. The summed E-state index contributed by atoms with van der Waals surface area (Å²) in [5.74, 6) is 2.27. The third kappa shape index (κ3) is 5.67. The standard InChI is InChI=1S/C19H23O5P.Li/c1-5-10-24-13-6-8-15(9-7-13)25-19(20)18-16(22-3)11-14(21-2)12-17(18)23-4;/h6-9,11-12,25H,5,10H2,1-4H3;/q;+1. The molecule has 0 aliphatic rings. The van der Waals surface area contributed by atoms with E-state index in [4.69, 9.17) is 18.9 Å². The molecule has 0 spiro atoms. The van der Waals surface area contributed by atoms with E-state index < -0.39 is 0 Å². The maximum atomic E-state index is 12.8. The Morgan fingerprint density at radius 1 is 0.923 bits per heavy atom. The Hall–Kier alpha value is -1.66. The van der Waals surface area contributed by atoms with E-state index in [2.05, 4.69) is 6.92 Å². The molecule has 0 radical (unpaired) electrons. The summed E-state index contributed by atoms with van der Waals surface area (Å²) in [6.07, 6.45) is 0.957. The summed E-state index contributed by atoms with van der Waals surface area (Å²) in [5, 5.41) is 0.925. The van der Waals surface area contributed by atoms with Crippen LogP contribution in [0.1, 0.15) is 23.7 Å². The fourth-order valence-corrected chi connectivity index (χ4v) is 3.24. The van der Waals surface area contributed by atoms with Crippen LogP contribution < -0.4 is 43.1 Å². The average molecular weight is 369 g/mol. The van der Waals surface area contributed by atoms with E-state index >= 15 is 0 Å². The monoisotopic (exact) mass is 369 g/mol. The van der Waals surface area contributed by atoms with Gasteiger partial charge in [0.2, 0.25) is 0 Å². The summed E-state index contributed by atoms with van der Waals surface area (Å²) >= 11 is 0. The molecule has 2 aromatic carbocycles. The second kappa shape index (κ2) is 11.1. The first-order valence-corrected chi connectivity index (χ1v) is 8.97. The van der Waals surface area contributed by atoms with Crippen molar-refractivity contribution < 1.29 is 42.6 Å². The third-order valence-corrected chi connectivity index (χ3v) is 4.63. The molecule has 0 heterocycles. The van der Waals surface area contributed by atoms with Crippen molar-refractivity contribution in [2.75, 3.05) is 27.9 Å². The number of carbonyl (C=O) groups is 1. The van der Waals surface area contributed by atoms with Crippen molar-refractivity contribution in [1.82, 2.24) is 0 Å². The molecule has 1 atom stereocenters. The van der Waals surface area contributed by atoms with Crippen LogP contribution in [-0.4, -0.2) is 33.5 Å². The van der Waals surface area contributed by atoms with Crippen LogP contribution in [0, 0.1) is 0 Å². The van der Waals surface area contributed by atoms with Crippen LogP contribution in [0.25, 0.3) is 0 Å². The Labute approximate surface area is 168 Å².